The molecule has 0 bridgehead atoms. The van der Waals surface area contributed by atoms with Crippen molar-refractivity contribution in [2.75, 3.05) is 6.61 Å². The minimum Gasteiger partial charge on any atom is -0.462 e. The summed E-state index contributed by atoms with van der Waals surface area (Å²) < 4.78 is 7.12. The molecule has 0 aliphatic carbocycles. The van der Waals surface area contributed by atoms with Gasteiger partial charge in [-0.15, -0.1) is 0 Å². The van der Waals surface area contributed by atoms with Crippen molar-refractivity contribution < 1.29 is 9.53 Å². The molecular weight excluding hydrogens is 252 g/mol. The predicted molar refractivity (Wildman–Crippen MR) is 80.7 cm³/mol. The molecule has 0 saturated heterocycles. The fourth-order valence-corrected chi connectivity index (χ4v) is 2.45. The van der Waals surface area contributed by atoms with Crippen molar-refractivity contribution in [2.24, 2.45) is 4.99 Å². The summed E-state index contributed by atoms with van der Waals surface area (Å²) in [5, 5.41) is 0. The molecule has 0 N–H and O–H groups in total. The molecule has 0 saturated carbocycles. The molecule has 0 amide bonds. The van der Waals surface area contributed by atoms with Gasteiger partial charge in [-0.2, -0.15) is 0 Å². The highest BCUT2D eigenvalue weighted by atomic mass is 16.5. The van der Waals surface area contributed by atoms with Crippen LogP contribution in [0, 0.1) is 0 Å². The molecule has 0 unspecified atom stereocenters. The van der Waals surface area contributed by atoms with Crippen molar-refractivity contribution in [3.8, 4) is 0 Å². The standard InChI is InChI=1S/C16H20N2O2/c1-5-20-16(19)13-10-18-9-12(8-17-4)6-7-14(18)15(13)11(2)3/h6-7,9-11H,4-5,8H2,1-3H3. The zero-order valence-corrected chi connectivity index (χ0v) is 12.2. The molecule has 2 aromatic rings. The number of hydrogen-bond donors (Lipinski definition) is 0. The van der Waals surface area contributed by atoms with E-state index in [2.05, 4.69) is 25.6 Å². The second-order valence-electron chi connectivity index (χ2n) is 5.04. The highest BCUT2D eigenvalue weighted by Gasteiger charge is 2.20. The Balaban J connectivity index is 2.59. The van der Waals surface area contributed by atoms with Crippen molar-refractivity contribution in [1.29, 1.82) is 0 Å². The van der Waals surface area contributed by atoms with E-state index in [1.54, 1.807) is 0 Å². The van der Waals surface area contributed by atoms with Gasteiger partial charge in [-0.05, 0) is 36.8 Å². The van der Waals surface area contributed by atoms with Crippen LogP contribution in [0.5, 0.6) is 0 Å². The van der Waals surface area contributed by atoms with Crippen molar-refractivity contribution in [3.05, 3.63) is 41.2 Å². The Kier molecular flexibility index (Phi) is 4.23. The summed E-state index contributed by atoms with van der Waals surface area (Å²) >= 11 is 0. The van der Waals surface area contributed by atoms with E-state index in [-0.39, 0.29) is 11.9 Å². The molecule has 4 heteroatoms. The van der Waals surface area contributed by atoms with Gasteiger partial charge in [0.1, 0.15) is 0 Å². The van der Waals surface area contributed by atoms with Crippen molar-refractivity contribution >= 4 is 18.2 Å². The van der Waals surface area contributed by atoms with Crippen LogP contribution in [0.15, 0.2) is 29.5 Å². The second kappa shape index (κ2) is 5.90. The summed E-state index contributed by atoms with van der Waals surface area (Å²) in [5.41, 5.74) is 3.77. The van der Waals surface area contributed by atoms with E-state index in [4.69, 9.17) is 4.74 Å². The van der Waals surface area contributed by atoms with Crippen LogP contribution in [-0.2, 0) is 11.3 Å². The van der Waals surface area contributed by atoms with Crippen LogP contribution in [0.4, 0.5) is 0 Å². The summed E-state index contributed by atoms with van der Waals surface area (Å²) in [4.78, 5) is 16.0. The first kappa shape index (κ1) is 14.3. The minimum absolute atomic E-state index is 0.253. The number of fused-ring (bicyclic) bond motifs is 1. The van der Waals surface area contributed by atoms with E-state index in [1.807, 2.05) is 35.9 Å². The third-order valence-electron chi connectivity index (χ3n) is 3.24. The Morgan fingerprint density at radius 3 is 2.75 bits per heavy atom. The number of aromatic nitrogens is 1. The number of carbonyl (C=O) groups is 1. The molecule has 20 heavy (non-hydrogen) atoms. The normalized spacial score (nSPS) is 11.0. The number of hydrogen-bond acceptors (Lipinski definition) is 3. The van der Waals surface area contributed by atoms with Gasteiger partial charge in [-0.25, -0.2) is 4.79 Å². The van der Waals surface area contributed by atoms with Crippen LogP contribution in [0.3, 0.4) is 0 Å². The van der Waals surface area contributed by atoms with Gasteiger partial charge >= 0.3 is 5.97 Å². The van der Waals surface area contributed by atoms with Crippen LogP contribution in [0.1, 0.15) is 48.2 Å². The van der Waals surface area contributed by atoms with Gasteiger partial charge < -0.3 is 9.14 Å². The van der Waals surface area contributed by atoms with E-state index < -0.39 is 0 Å². The molecule has 0 atom stereocenters. The third-order valence-corrected chi connectivity index (χ3v) is 3.24. The monoisotopic (exact) mass is 272 g/mol. The number of nitrogens with zero attached hydrogens (tertiary/aromatic N) is 2. The molecule has 2 aromatic heterocycles. The molecular formula is C16H20N2O2. The molecule has 0 spiro atoms. The predicted octanol–water partition coefficient (Wildman–Crippen LogP) is 3.44. The van der Waals surface area contributed by atoms with Crippen LogP contribution < -0.4 is 0 Å². The first-order valence-electron chi connectivity index (χ1n) is 6.81. The van der Waals surface area contributed by atoms with E-state index in [9.17, 15) is 4.79 Å². The second-order valence-corrected chi connectivity index (χ2v) is 5.04. The lowest BCUT2D eigenvalue weighted by Gasteiger charge is -2.08. The Bertz CT molecular complexity index is 641. The average molecular weight is 272 g/mol. The Morgan fingerprint density at radius 1 is 1.40 bits per heavy atom. The number of aliphatic imine (C=N–C) groups is 1. The minimum atomic E-state index is -0.261. The molecule has 0 aliphatic heterocycles. The van der Waals surface area contributed by atoms with E-state index >= 15 is 0 Å². The Hall–Kier alpha value is -2.10. The smallest absolute Gasteiger partial charge is 0.339 e. The lowest BCUT2D eigenvalue weighted by Crippen LogP contribution is -2.06. The van der Waals surface area contributed by atoms with Crippen LogP contribution in [0.25, 0.3) is 5.52 Å². The molecule has 2 heterocycles. The first-order valence-corrected chi connectivity index (χ1v) is 6.81. The lowest BCUT2D eigenvalue weighted by atomic mass is 10.00. The lowest BCUT2D eigenvalue weighted by molar-refractivity contribution is 0.0525. The van der Waals surface area contributed by atoms with Crippen LogP contribution in [-0.4, -0.2) is 23.7 Å². The van der Waals surface area contributed by atoms with Gasteiger partial charge in [-0.3, -0.25) is 4.99 Å². The van der Waals surface area contributed by atoms with Crippen LogP contribution in [0.2, 0.25) is 0 Å². The molecule has 0 aromatic carbocycles. The van der Waals surface area contributed by atoms with Gasteiger partial charge in [0.15, 0.2) is 0 Å². The van der Waals surface area contributed by atoms with Gasteiger partial charge in [0, 0.05) is 17.9 Å². The van der Waals surface area contributed by atoms with Gasteiger partial charge in [0.25, 0.3) is 0 Å². The summed E-state index contributed by atoms with van der Waals surface area (Å²) in [5.74, 6) is -0.00826. The first-order chi connectivity index (χ1) is 9.58. The van der Waals surface area contributed by atoms with E-state index in [1.165, 1.54) is 0 Å². The average Bonchev–Trinajstić information content (AvgIpc) is 2.78. The van der Waals surface area contributed by atoms with Gasteiger partial charge in [-0.1, -0.05) is 19.9 Å². The molecule has 0 aliphatic rings. The highest BCUT2D eigenvalue weighted by Crippen LogP contribution is 2.27. The topological polar surface area (TPSA) is 43.1 Å². The van der Waals surface area contributed by atoms with E-state index in [0.717, 1.165) is 16.6 Å². The van der Waals surface area contributed by atoms with Crippen LogP contribution >= 0.6 is 0 Å². The Labute approximate surface area is 119 Å². The summed E-state index contributed by atoms with van der Waals surface area (Å²) in [7, 11) is 0. The number of ether oxygens (including phenoxy) is 1. The summed E-state index contributed by atoms with van der Waals surface area (Å²) in [6.07, 6.45) is 3.83. The molecule has 0 radical (unpaired) electrons. The Morgan fingerprint density at radius 2 is 2.15 bits per heavy atom. The molecule has 106 valence electrons. The van der Waals surface area contributed by atoms with Crippen molar-refractivity contribution in [2.45, 2.75) is 33.2 Å². The fraction of sp³-hybridized carbons (Fsp3) is 0.375. The number of carbonyl (C=O) groups excluding carboxylic acids is 1. The molecule has 4 nitrogen and oxygen atoms in total. The molecule has 0 fully saturated rings. The SMILES string of the molecule is C=NCc1ccc2c(C(C)C)c(C(=O)OCC)cn2c1. The maximum Gasteiger partial charge on any atom is 0.339 e. The number of rotatable bonds is 5. The van der Waals surface area contributed by atoms with Crippen molar-refractivity contribution in [1.82, 2.24) is 4.40 Å². The molecule has 2 rings (SSSR count). The highest BCUT2D eigenvalue weighted by molar-refractivity contribution is 5.94. The quantitative estimate of drug-likeness (QED) is 0.618. The zero-order valence-electron chi connectivity index (χ0n) is 12.2. The number of esters is 1. The van der Waals surface area contributed by atoms with Gasteiger partial charge in [0.05, 0.1) is 18.7 Å². The summed E-state index contributed by atoms with van der Waals surface area (Å²) in [6.45, 7) is 10.4. The maximum atomic E-state index is 12.1. The fourth-order valence-electron chi connectivity index (χ4n) is 2.45. The third kappa shape index (κ3) is 2.59. The van der Waals surface area contributed by atoms with E-state index in [0.29, 0.717) is 18.7 Å². The van der Waals surface area contributed by atoms with Crippen molar-refractivity contribution in [3.63, 3.8) is 0 Å². The zero-order chi connectivity index (χ0) is 14.7. The van der Waals surface area contributed by atoms with Gasteiger partial charge in [0.2, 0.25) is 0 Å². The number of pyridine rings is 1. The summed E-state index contributed by atoms with van der Waals surface area (Å²) in [6, 6.07) is 4.05. The largest absolute Gasteiger partial charge is 0.462 e. The maximum absolute atomic E-state index is 12.1.